The van der Waals surface area contributed by atoms with Gasteiger partial charge in [-0.1, -0.05) is 5.92 Å². The van der Waals surface area contributed by atoms with Crippen LogP contribution in [0.4, 0.5) is 5.69 Å². The third-order valence-electron chi connectivity index (χ3n) is 3.43. The van der Waals surface area contributed by atoms with E-state index < -0.39 is 17.8 Å². The van der Waals surface area contributed by atoms with Crippen molar-refractivity contribution < 1.29 is 23.9 Å². The molecule has 2 rings (SSSR count). The van der Waals surface area contributed by atoms with Gasteiger partial charge in [-0.25, -0.2) is 9.59 Å². The van der Waals surface area contributed by atoms with E-state index in [9.17, 15) is 14.4 Å². The Kier molecular flexibility index (Phi) is 6.29. The molecule has 0 spiro atoms. The molecule has 0 aliphatic heterocycles. The summed E-state index contributed by atoms with van der Waals surface area (Å²) in [5.74, 6) is 3.04. The van der Waals surface area contributed by atoms with Crippen LogP contribution >= 0.6 is 0 Å². The topological polar surface area (TPSA) is 105 Å². The van der Waals surface area contributed by atoms with Crippen LogP contribution in [0.15, 0.2) is 42.5 Å². The maximum Gasteiger partial charge on any atom is 0.339 e. The van der Waals surface area contributed by atoms with Gasteiger partial charge in [0.2, 0.25) is 0 Å². The molecule has 27 heavy (non-hydrogen) atoms. The van der Waals surface area contributed by atoms with Gasteiger partial charge < -0.3 is 14.8 Å². The number of anilines is 1. The zero-order valence-corrected chi connectivity index (χ0v) is 14.5. The Bertz CT molecular complexity index is 992. The maximum atomic E-state index is 12.1. The Balaban J connectivity index is 2.27. The first kappa shape index (κ1) is 19.2. The molecule has 7 heteroatoms. The molecule has 0 bridgehead atoms. The van der Waals surface area contributed by atoms with Crippen molar-refractivity contribution >= 4 is 23.5 Å². The molecule has 2 aromatic carbocycles. The third-order valence-corrected chi connectivity index (χ3v) is 3.43. The second kappa shape index (κ2) is 8.84. The van der Waals surface area contributed by atoms with Gasteiger partial charge in [-0.15, -0.1) is 0 Å². The predicted molar refractivity (Wildman–Crippen MR) is 95.8 cm³/mol. The fourth-order valence-electron chi connectivity index (χ4n) is 2.09. The number of hydrogen-bond acceptors (Lipinski definition) is 6. The molecule has 1 N–H and O–H groups in total. The minimum Gasteiger partial charge on any atom is -0.465 e. The van der Waals surface area contributed by atoms with Gasteiger partial charge in [0, 0.05) is 11.5 Å². The Morgan fingerprint density at radius 3 is 2.15 bits per heavy atom. The number of rotatable bonds is 3. The fourth-order valence-corrected chi connectivity index (χ4v) is 2.09. The second-order valence-corrected chi connectivity index (χ2v) is 5.14. The van der Waals surface area contributed by atoms with Gasteiger partial charge >= 0.3 is 17.8 Å². The molecule has 0 radical (unpaired) electrons. The van der Waals surface area contributed by atoms with E-state index in [1.165, 1.54) is 32.4 Å². The van der Waals surface area contributed by atoms with Crippen molar-refractivity contribution in [2.75, 3.05) is 19.5 Å². The molecule has 0 aliphatic rings. The number of carbonyl (C=O) groups is 3. The van der Waals surface area contributed by atoms with Crippen LogP contribution in [0, 0.1) is 23.2 Å². The second-order valence-electron chi connectivity index (χ2n) is 5.14. The van der Waals surface area contributed by atoms with Crippen LogP contribution in [-0.2, 0) is 14.3 Å². The average molecular weight is 362 g/mol. The van der Waals surface area contributed by atoms with E-state index in [1.54, 1.807) is 24.3 Å². The monoisotopic (exact) mass is 362 g/mol. The number of carbonyl (C=O) groups excluding carboxylic acids is 3. The minimum atomic E-state index is -0.688. The molecule has 0 saturated carbocycles. The number of hydrogen-bond donors (Lipinski definition) is 1. The zero-order valence-electron chi connectivity index (χ0n) is 14.5. The van der Waals surface area contributed by atoms with E-state index >= 15 is 0 Å². The van der Waals surface area contributed by atoms with Crippen molar-refractivity contribution in [1.29, 1.82) is 5.26 Å². The molecule has 0 saturated heterocycles. The lowest BCUT2D eigenvalue weighted by atomic mass is 10.1. The summed E-state index contributed by atoms with van der Waals surface area (Å²) in [5.41, 5.74) is 1.32. The highest BCUT2D eigenvalue weighted by Gasteiger charge is 2.16. The summed E-state index contributed by atoms with van der Waals surface area (Å²) in [5, 5.41) is 11.2. The molecule has 0 unspecified atom stereocenters. The summed E-state index contributed by atoms with van der Waals surface area (Å²) in [4.78, 5) is 35.6. The highest BCUT2D eigenvalue weighted by Crippen LogP contribution is 2.19. The van der Waals surface area contributed by atoms with Crippen molar-refractivity contribution in [2.45, 2.75) is 0 Å². The van der Waals surface area contributed by atoms with Crippen molar-refractivity contribution in [3.8, 4) is 17.9 Å². The summed E-state index contributed by atoms with van der Waals surface area (Å²) in [6, 6.07) is 12.4. The number of benzene rings is 2. The normalized spacial score (nSPS) is 9.22. The van der Waals surface area contributed by atoms with Crippen LogP contribution < -0.4 is 5.32 Å². The Hall–Kier alpha value is -4.10. The third kappa shape index (κ3) is 4.94. The molecule has 0 aromatic heterocycles. The lowest BCUT2D eigenvalue weighted by molar-refractivity contribution is -0.111. The average Bonchev–Trinajstić information content (AvgIpc) is 2.71. The number of amides is 1. The van der Waals surface area contributed by atoms with E-state index in [0.717, 1.165) is 0 Å². The number of nitriles is 1. The quantitative estimate of drug-likeness (QED) is 0.662. The molecule has 0 aliphatic carbocycles. The lowest BCUT2D eigenvalue weighted by Crippen LogP contribution is -2.15. The van der Waals surface area contributed by atoms with Gasteiger partial charge in [0.25, 0.3) is 0 Å². The first-order valence-corrected chi connectivity index (χ1v) is 7.62. The van der Waals surface area contributed by atoms with E-state index in [4.69, 9.17) is 5.26 Å². The van der Waals surface area contributed by atoms with E-state index in [-0.39, 0.29) is 16.8 Å². The molecule has 2 aromatic rings. The molecule has 0 fully saturated rings. The minimum absolute atomic E-state index is 0.0682. The van der Waals surface area contributed by atoms with Crippen molar-refractivity contribution in [2.24, 2.45) is 0 Å². The molecule has 0 atom stereocenters. The molecule has 1 amide bonds. The highest BCUT2D eigenvalue weighted by atomic mass is 16.5. The molecule has 0 heterocycles. The first-order valence-electron chi connectivity index (χ1n) is 7.62. The smallest absolute Gasteiger partial charge is 0.339 e. The molecular weight excluding hydrogens is 348 g/mol. The van der Waals surface area contributed by atoms with Crippen LogP contribution in [0.2, 0.25) is 0 Å². The Morgan fingerprint density at radius 1 is 0.926 bits per heavy atom. The van der Waals surface area contributed by atoms with Crippen molar-refractivity contribution in [3.05, 3.63) is 64.7 Å². The predicted octanol–water partition coefficient (Wildman–Crippen LogP) is 2.12. The van der Waals surface area contributed by atoms with E-state index in [2.05, 4.69) is 26.6 Å². The standard InChI is InChI=1S/C20H14N2O5/c1-26-19(24)15-8-9-16(20(25)27-2)17(11-15)22-18(23)10-7-13-3-5-14(12-21)6-4-13/h3-6,8-9,11H,1-2H3,(H,22,23). The maximum absolute atomic E-state index is 12.1. The van der Waals surface area contributed by atoms with Gasteiger partial charge in [-0.2, -0.15) is 5.26 Å². The van der Waals surface area contributed by atoms with Crippen molar-refractivity contribution in [3.63, 3.8) is 0 Å². The van der Waals surface area contributed by atoms with Gasteiger partial charge in [0.15, 0.2) is 0 Å². The van der Waals surface area contributed by atoms with Crippen LogP contribution in [0.25, 0.3) is 0 Å². The molecular formula is C20H14N2O5. The largest absolute Gasteiger partial charge is 0.465 e. The SMILES string of the molecule is COC(=O)c1ccc(C(=O)OC)c(NC(=O)C#Cc2ccc(C#N)cc2)c1. The van der Waals surface area contributed by atoms with Crippen LogP contribution in [0.5, 0.6) is 0 Å². The van der Waals surface area contributed by atoms with Crippen LogP contribution in [0.1, 0.15) is 31.8 Å². The summed E-state index contributed by atoms with van der Waals surface area (Å²) in [6.07, 6.45) is 0. The number of methoxy groups -OCH3 is 2. The van der Waals surface area contributed by atoms with Crippen molar-refractivity contribution in [1.82, 2.24) is 0 Å². The number of nitrogens with one attached hydrogen (secondary N) is 1. The van der Waals surface area contributed by atoms with Gasteiger partial charge in [0.05, 0.1) is 42.7 Å². The first-order chi connectivity index (χ1) is 13.0. The summed E-state index contributed by atoms with van der Waals surface area (Å²) in [6.45, 7) is 0. The van der Waals surface area contributed by atoms with Gasteiger partial charge in [-0.3, -0.25) is 4.79 Å². The number of nitrogens with zero attached hydrogens (tertiary/aromatic N) is 1. The highest BCUT2D eigenvalue weighted by molar-refractivity contribution is 6.09. The zero-order chi connectivity index (χ0) is 19.8. The van der Waals surface area contributed by atoms with E-state index in [1.807, 2.05) is 6.07 Å². The summed E-state index contributed by atoms with van der Waals surface area (Å²) in [7, 11) is 2.42. The lowest BCUT2D eigenvalue weighted by Gasteiger charge is -2.09. The van der Waals surface area contributed by atoms with Gasteiger partial charge in [-0.05, 0) is 42.5 Å². The summed E-state index contributed by atoms with van der Waals surface area (Å²) < 4.78 is 9.30. The van der Waals surface area contributed by atoms with Crippen LogP contribution in [0.3, 0.4) is 0 Å². The number of esters is 2. The fraction of sp³-hybridized carbons (Fsp3) is 0.100. The number of ether oxygens (including phenoxy) is 2. The van der Waals surface area contributed by atoms with Gasteiger partial charge in [0.1, 0.15) is 0 Å². The molecule has 134 valence electrons. The summed E-state index contributed by atoms with van der Waals surface area (Å²) >= 11 is 0. The Morgan fingerprint density at radius 2 is 1.56 bits per heavy atom. The van der Waals surface area contributed by atoms with Crippen LogP contribution in [-0.4, -0.2) is 32.1 Å². The molecule has 7 nitrogen and oxygen atoms in total. The Labute approximate surface area is 155 Å². The van der Waals surface area contributed by atoms with E-state index in [0.29, 0.717) is 11.1 Å².